The highest BCUT2D eigenvalue weighted by molar-refractivity contribution is 8.77. The summed E-state index contributed by atoms with van der Waals surface area (Å²) < 4.78 is 0. The number of hydrogen-bond donors (Lipinski definition) is 2. The van der Waals surface area contributed by atoms with Crippen LogP contribution < -0.4 is 0 Å². The Morgan fingerprint density at radius 1 is 1.71 bits per heavy atom. The van der Waals surface area contributed by atoms with E-state index in [0.717, 1.165) is 0 Å². The molecule has 0 saturated carbocycles. The molecule has 2 radical (unpaired) electrons. The van der Waals surface area contributed by atoms with E-state index in [1.54, 1.807) is 0 Å². The van der Waals surface area contributed by atoms with Gasteiger partial charge in [0.25, 0.3) is 0 Å². The zero-order valence-corrected chi connectivity index (χ0v) is 7.39. The zero-order valence-electron chi connectivity index (χ0n) is 3.44. The Balaban J connectivity index is 3.14. The summed E-state index contributed by atoms with van der Waals surface area (Å²) in [7, 11) is 5.77. The lowest BCUT2D eigenvalue weighted by atomic mass is 10.8. The van der Waals surface area contributed by atoms with Crippen LogP contribution in [0.25, 0.3) is 0 Å². The van der Waals surface area contributed by atoms with E-state index >= 15 is 0 Å². The van der Waals surface area contributed by atoms with Crippen molar-refractivity contribution < 1.29 is 9.79 Å². The molecule has 0 aliphatic rings. The molecule has 0 aromatic heterocycles. The molecule has 2 N–H and O–H groups in total. The van der Waals surface area contributed by atoms with Crippen molar-refractivity contribution in [3.8, 4) is 0 Å². The van der Waals surface area contributed by atoms with Gasteiger partial charge in [-0.1, -0.05) is 8.93 Å². The van der Waals surface area contributed by atoms with Gasteiger partial charge in [-0.2, -0.15) is 0 Å². The minimum absolute atomic E-state index is 0.207. The summed E-state index contributed by atoms with van der Waals surface area (Å²) in [6.07, 6.45) is 0. The second kappa shape index (κ2) is 4.57. The normalized spacial score (nSPS) is 20.4. The molecule has 0 aliphatic carbocycles. The van der Waals surface area contributed by atoms with E-state index in [0.29, 0.717) is 0 Å². The Labute approximate surface area is 50.2 Å². The van der Waals surface area contributed by atoms with Gasteiger partial charge in [0, 0.05) is 23.2 Å². The lowest BCUT2D eigenvalue weighted by Gasteiger charge is -2.09. The van der Waals surface area contributed by atoms with E-state index in [1.807, 2.05) is 0 Å². The molecule has 0 bridgehead atoms. The number of rotatable bonds is 2. The van der Waals surface area contributed by atoms with Crippen LogP contribution in [0.15, 0.2) is 0 Å². The first-order valence-electron chi connectivity index (χ1n) is 1.36. The predicted molar refractivity (Wildman–Crippen MR) is 42.1 cm³/mol. The fourth-order valence-electron chi connectivity index (χ4n) is 0.0458. The van der Waals surface area contributed by atoms with E-state index in [-0.39, 0.29) is 8.50 Å². The highest BCUT2D eigenvalue weighted by Crippen LogP contribution is 2.79. The quantitative estimate of drug-likeness (QED) is 0.484. The van der Waals surface area contributed by atoms with Gasteiger partial charge in [-0.05, 0) is 0 Å². The predicted octanol–water partition coefficient (Wildman–Crippen LogP) is 1.15. The maximum absolute atomic E-state index is 8.52. The van der Waals surface area contributed by atoms with Crippen molar-refractivity contribution in [2.24, 2.45) is 0 Å². The summed E-state index contributed by atoms with van der Waals surface area (Å²) in [6, 6.07) is 0. The molecule has 0 fully saturated rings. The molecule has 0 aromatic carbocycles. The standard InChI is InChI=1S/BH5O2P4/c1-6(3)7(4)5-2/h2-3,5H,4H2. The van der Waals surface area contributed by atoms with Crippen LogP contribution in [0.1, 0.15) is 0 Å². The summed E-state index contributed by atoms with van der Waals surface area (Å²) in [5.41, 5.74) is 0. The lowest BCUT2D eigenvalue weighted by Crippen LogP contribution is -1.54. The Hall–Kier alpha value is 1.70. The minimum Gasteiger partial charge on any atom is -0.380 e. The average molecular weight is 172 g/mol. The molecular formula is H5BO2P4. The van der Waals surface area contributed by atoms with Crippen LogP contribution in [0.3, 0.4) is 0 Å². The van der Waals surface area contributed by atoms with Crippen LogP contribution in [-0.2, 0) is 0 Å². The Morgan fingerprint density at radius 2 is 2.14 bits per heavy atom. The molecule has 0 amide bonds. The van der Waals surface area contributed by atoms with Crippen molar-refractivity contribution in [3.05, 3.63) is 0 Å². The SMILES string of the molecule is [B]P(O)P(P)PO. The molecule has 2 nitrogen and oxygen atoms in total. The van der Waals surface area contributed by atoms with E-state index < -0.39 is 14.7 Å². The summed E-state index contributed by atoms with van der Waals surface area (Å²) in [5, 5.41) is 0. The van der Waals surface area contributed by atoms with Gasteiger partial charge in [-0.15, -0.1) is 0 Å². The molecule has 0 aromatic rings. The van der Waals surface area contributed by atoms with Crippen LogP contribution in [0.2, 0.25) is 0 Å². The third-order valence-corrected chi connectivity index (χ3v) is 8.73. The molecule has 4 unspecified atom stereocenters. The average Bonchev–Trinajstić information content (AvgIpc) is 1.65. The zero-order chi connectivity index (χ0) is 5.86. The van der Waals surface area contributed by atoms with Gasteiger partial charge in [0.1, 0.15) is 0 Å². The molecular weight excluding hydrogens is 167 g/mol. The van der Waals surface area contributed by atoms with Crippen molar-refractivity contribution in [1.82, 2.24) is 0 Å². The molecule has 7 heavy (non-hydrogen) atoms. The first-order valence-corrected chi connectivity index (χ1v) is 8.18. The third-order valence-electron chi connectivity index (χ3n) is 0.323. The van der Waals surface area contributed by atoms with Gasteiger partial charge in [-0.25, -0.2) is 0 Å². The van der Waals surface area contributed by atoms with Gasteiger partial charge >= 0.3 is 0 Å². The van der Waals surface area contributed by atoms with Crippen molar-refractivity contribution in [2.45, 2.75) is 0 Å². The Morgan fingerprint density at radius 3 is 2.14 bits per heavy atom. The molecule has 0 spiro atoms. The van der Waals surface area contributed by atoms with Gasteiger partial charge in [0.15, 0.2) is 7.57 Å². The van der Waals surface area contributed by atoms with Gasteiger partial charge in [-0.3, -0.25) is 0 Å². The number of hydrogen-bond acceptors (Lipinski definition) is 2. The summed E-state index contributed by atoms with van der Waals surface area (Å²) in [6.45, 7) is -0.739. The van der Waals surface area contributed by atoms with Crippen molar-refractivity contribution in [3.63, 3.8) is 0 Å². The van der Waals surface area contributed by atoms with Crippen LogP contribution in [-0.4, -0.2) is 17.4 Å². The molecule has 0 rings (SSSR count). The van der Waals surface area contributed by atoms with Crippen molar-refractivity contribution in [1.29, 1.82) is 0 Å². The van der Waals surface area contributed by atoms with E-state index in [1.165, 1.54) is 0 Å². The summed E-state index contributed by atoms with van der Waals surface area (Å²) in [4.78, 5) is 16.8. The van der Waals surface area contributed by atoms with Gasteiger partial charge in [0.2, 0.25) is 0 Å². The molecule has 40 valence electrons. The smallest absolute Gasteiger partial charge is 0.155 e. The topological polar surface area (TPSA) is 40.5 Å². The largest absolute Gasteiger partial charge is 0.380 e. The maximum atomic E-state index is 8.52. The summed E-state index contributed by atoms with van der Waals surface area (Å²) in [5.74, 6) is 0. The van der Waals surface area contributed by atoms with E-state index in [9.17, 15) is 0 Å². The van der Waals surface area contributed by atoms with Gasteiger partial charge in [0.05, 0.1) is 0 Å². The highest BCUT2D eigenvalue weighted by Gasteiger charge is 2.04. The second-order valence-electron chi connectivity index (χ2n) is 0.765. The first-order chi connectivity index (χ1) is 3.18. The van der Waals surface area contributed by atoms with E-state index in [4.69, 9.17) is 17.4 Å². The van der Waals surface area contributed by atoms with Crippen LogP contribution in [0, 0.1) is 0 Å². The maximum Gasteiger partial charge on any atom is 0.155 e. The molecule has 7 heteroatoms. The first kappa shape index (κ1) is 8.70. The molecule has 0 heterocycles. The van der Waals surface area contributed by atoms with Gasteiger partial charge < -0.3 is 9.79 Å². The minimum atomic E-state index is -1.37. The summed E-state index contributed by atoms with van der Waals surface area (Å²) >= 11 is 0. The van der Waals surface area contributed by atoms with Crippen LogP contribution in [0.5, 0.6) is 0 Å². The van der Waals surface area contributed by atoms with E-state index in [2.05, 4.69) is 8.93 Å². The second-order valence-corrected chi connectivity index (χ2v) is 12.4. The van der Waals surface area contributed by atoms with Crippen molar-refractivity contribution in [2.75, 3.05) is 0 Å². The Kier molecular flexibility index (Phi) is 5.68. The monoisotopic (exact) mass is 172 g/mol. The van der Waals surface area contributed by atoms with Crippen LogP contribution in [0.4, 0.5) is 0 Å². The highest BCUT2D eigenvalue weighted by atomic mass is 32.7. The molecule has 0 aliphatic heterocycles. The van der Waals surface area contributed by atoms with Crippen molar-refractivity contribution >= 4 is 39.7 Å². The fraction of sp³-hybridized carbons (Fsp3) is 0. The fourth-order valence-corrected chi connectivity index (χ4v) is 1.24. The molecule has 4 atom stereocenters. The Bertz CT molecular complexity index is 47.0. The third kappa shape index (κ3) is 4.22. The molecule has 0 saturated heterocycles. The lowest BCUT2D eigenvalue weighted by molar-refractivity contribution is 0.653. The van der Waals surface area contributed by atoms with Crippen LogP contribution >= 0.6 is 32.1 Å².